The van der Waals surface area contributed by atoms with E-state index in [4.69, 9.17) is 5.11 Å². The molecule has 1 aromatic carbocycles. The lowest BCUT2D eigenvalue weighted by Crippen LogP contribution is -2.76. The summed E-state index contributed by atoms with van der Waals surface area (Å²) in [6, 6.07) is -0.945. The number of hydrogen-bond acceptors (Lipinski definition) is 1. The van der Waals surface area contributed by atoms with E-state index in [0.29, 0.717) is 0 Å². The molecule has 38 heavy (non-hydrogen) atoms. The van der Waals surface area contributed by atoms with E-state index in [1.54, 1.807) is 0 Å². The fraction of sp³-hybridized carbons (Fsp3) is 0.625. The highest BCUT2D eigenvalue weighted by molar-refractivity contribution is 5.31. The number of aromatic hydroxyl groups is 1. The molecule has 22 heteroatoms. The molecular formula is C16H5F21O. The van der Waals surface area contributed by atoms with Crippen molar-refractivity contribution >= 4 is 0 Å². The van der Waals surface area contributed by atoms with E-state index in [9.17, 15) is 92.2 Å². The van der Waals surface area contributed by atoms with Crippen LogP contribution in [0.5, 0.6) is 5.75 Å². The van der Waals surface area contributed by atoms with Gasteiger partial charge >= 0.3 is 59.5 Å². The largest absolute Gasteiger partial charge is 0.508 e. The van der Waals surface area contributed by atoms with Crippen LogP contribution in [0.4, 0.5) is 92.2 Å². The second-order valence-corrected chi connectivity index (χ2v) is 7.21. The molecule has 0 saturated heterocycles. The highest BCUT2D eigenvalue weighted by atomic mass is 19.4. The van der Waals surface area contributed by atoms with Gasteiger partial charge in [-0.2, -0.15) is 92.2 Å². The first-order valence-corrected chi connectivity index (χ1v) is 8.51. The van der Waals surface area contributed by atoms with Gasteiger partial charge in [-0.25, -0.2) is 0 Å². The van der Waals surface area contributed by atoms with E-state index in [-0.39, 0.29) is 12.1 Å². The van der Waals surface area contributed by atoms with E-state index in [2.05, 4.69) is 0 Å². The number of phenols is 1. The van der Waals surface area contributed by atoms with Crippen molar-refractivity contribution in [3.05, 3.63) is 29.8 Å². The number of alkyl halides is 21. The summed E-state index contributed by atoms with van der Waals surface area (Å²) in [5, 5.41) is 8.82. The molecule has 0 bridgehead atoms. The Kier molecular flexibility index (Phi) is 7.53. The fourth-order valence-electron chi connectivity index (χ4n) is 2.41. The third-order valence-electron chi connectivity index (χ3n) is 4.74. The monoisotopic (exact) mass is 612 g/mol. The van der Waals surface area contributed by atoms with Crippen molar-refractivity contribution in [2.75, 3.05) is 0 Å². The molecule has 1 rings (SSSR count). The van der Waals surface area contributed by atoms with Gasteiger partial charge in [0.25, 0.3) is 0 Å². The topological polar surface area (TPSA) is 20.2 Å². The van der Waals surface area contributed by atoms with Crippen LogP contribution in [0.25, 0.3) is 0 Å². The predicted octanol–water partition coefficient (Wildman–Crippen LogP) is 8.13. The SMILES string of the molecule is Oc1ccc(C(F)(F)C(F)(F)C(F)(F)C(F)(F)C(F)(F)C(F)(F)C(F)(F)C(F)(F)C(F)(F)C(F)(F)F)cc1. The van der Waals surface area contributed by atoms with Gasteiger partial charge in [0.2, 0.25) is 0 Å². The molecule has 222 valence electrons. The van der Waals surface area contributed by atoms with Crippen LogP contribution in [-0.4, -0.2) is 58.7 Å². The van der Waals surface area contributed by atoms with Gasteiger partial charge in [-0.05, 0) is 24.3 Å². The van der Waals surface area contributed by atoms with Crippen LogP contribution in [0, 0.1) is 0 Å². The minimum absolute atomic E-state index is 0.0260. The highest BCUT2D eigenvalue weighted by Gasteiger charge is 2.97. The Labute approximate surface area is 193 Å². The molecule has 0 atom stereocenters. The van der Waals surface area contributed by atoms with Crippen LogP contribution < -0.4 is 0 Å². The molecule has 0 unspecified atom stereocenters. The highest BCUT2D eigenvalue weighted by Crippen LogP contribution is 2.66. The van der Waals surface area contributed by atoms with Gasteiger partial charge in [0.05, 0.1) is 0 Å². The summed E-state index contributed by atoms with van der Waals surface area (Å²) in [5.74, 6) is -78.5. The fourth-order valence-corrected chi connectivity index (χ4v) is 2.41. The second kappa shape index (κ2) is 8.52. The maximum Gasteiger partial charge on any atom is 0.460 e. The molecule has 0 spiro atoms. The zero-order valence-corrected chi connectivity index (χ0v) is 16.7. The summed E-state index contributed by atoms with van der Waals surface area (Å²) in [6.07, 6.45) is -8.02. The second-order valence-electron chi connectivity index (χ2n) is 7.21. The number of benzene rings is 1. The summed E-state index contributed by atoms with van der Waals surface area (Å²) < 4.78 is 279. The molecule has 0 fully saturated rings. The number of phenolic OH excluding ortho intramolecular Hbond substituents is 1. The third kappa shape index (κ3) is 3.98. The number of halogens is 21. The lowest BCUT2D eigenvalue weighted by atomic mass is 9.85. The van der Waals surface area contributed by atoms with E-state index in [1.165, 1.54) is 0 Å². The molecule has 0 radical (unpaired) electrons. The van der Waals surface area contributed by atoms with E-state index >= 15 is 0 Å². The van der Waals surface area contributed by atoms with Crippen molar-refractivity contribution in [1.29, 1.82) is 0 Å². The zero-order chi connectivity index (χ0) is 31.0. The average Bonchev–Trinajstić information content (AvgIpc) is 2.72. The standard InChI is InChI=1S/C16H5F21O/c17-7(18,5-1-3-6(38)4-2-5)8(19,20)9(21,22)10(23,24)11(25,26)12(27,28)13(29,30)14(31,32)15(33,34)16(35,36)37/h1-4,38H. The van der Waals surface area contributed by atoms with Crippen LogP contribution >= 0.6 is 0 Å². The summed E-state index contributed by atoms with van der Waals surface area (Å²) in [5.41, 5.74) is -2.55. The third-order valence-corrected chi connectivity index (χ3v) is 4.74. The van der Waals surface area contributed by atoms with E-state index < -0.39 is 82.9 Å². The summed E-state index contributed by atoms with van der Waals surface area (Å²) in [4.78, 5) is 0. The van der Waals surface area contributed by atoms with Crippen molar-refractivity contribution in [1.82, 2.24) is 0 Å². The minimum Gasteiger partial charge on any atom is -0.508 e. The first-order chi connectivity index (χ1) is 16.2. The molecule has 0 heterocycles. The smallest absolute Gasteiger partial charge is 0.460 e. The Morgan fingerprint density at radius 3 is 0.842 bits per heavy atom. The molecular weight excluding hydrogens is 607 g/mol. The first-order valence-electron chi connectivity index (χ1n) is 8.51. The van der Waals surface area contributed by atoms with Crippen LogP contribution in [0.1, 0.15) is 5.56 Å². The van der Waals surface area contributed by atoms with Crippen molar-refractivity contribution in [3.8, 4) is 5.75 Å². The molecule has 0 aliphatic heterocycles. The Balaban J connectivity index is 3.81. The van der Waals surface area contributed by atoms with Crippen molar-refractivity contribution in [2.24, 2.45) is 0 Å². The molecule has 1 aromatic rings. The summed E-state index contributed by atoms with van der Waals surface area (Å²) in [6.45, 7) is 0. The number of hydrogen-bond donors (Lipinski definition) is 1. The van der Waals surface area contributed by atoms with Gasteiger partial charge in [-0.3, -0.25) is 0 Å². The molecule has 0 amide bonds. The van der Waals surface area contributed by atoms with Gasteiger partial charge in [-0.1, -0.05) is 0 Å². The Bertz CT molecular complexity index is 1000. The van der Waals surface area contributed by atoms with Crippen LogP contribution in [0.15, 0.2) is 24.3 Å². The quantitative estimate of drug-likeness (QED) is 0.280. The summed E-state index contributed by atoms with van der Waals surface area (Å²) >= 11 is 0. The normalized spacial score (nSPS) is 16.1. The van der Waals surface area contributed by atoms with E-state index in [1.807, 2.05) is 0 Å². The van der Waals surface area contributed by atoms with Gasteiger partial charge in [0.1, 0.15) is 5.75 Å². The zero-order valence-electron chi connectivity index (χ0n) is 16.7. The molecule has 0 aliphatic rings. The van der Waals surface area contributed by atoms with Crippen LogP contribution in [-0.2, 0) is 5.92 Å². The maximum atomic E-state index is 13.9. The average molecular weight is 612 g/mol. The van der Waals surface area contributed by atoms with Gasteiger partial charge in [0, 0.05) is 5.56 Å². The van der Waals surface area contributed by atoms with Crippen molar-refractivity contribution in [3.63, 3.8) is 0 Å². The molecule has 1 N–H and O–H groups in total. The lowest BCUT2D eigenvalue weighted by molar-refractivity contribution is -0.474. The van der Waals surface area contributed by atoms with Crippen LogP contribution in [0.2, 0.25) is 0 Å². The Morgan fingerprint density at radius 1 is 0.342 bits per heavy atom. The van der Waals surface area contributed by atoms with Crippen molar-refractivity contribution < 1.29 is 97.3 Å². The van der Waals surface area contributed by atoms with Gasteiger partial charge < -0.3 is 5.11 Å². The lowest BCUT2D eigenvalue weighted by Gasteiger charge is -2.44. The summed E-state index contributed by atoms with van der Waals surface area (Å²) in [7, 11) is 0. The Morgan fingerprint density at radius 2 is 0.579 bits per heavy atom. The van der Waals surface area contributed by atoms with Crippen molar-refractivity contribution in [2.45, 2.75) is 59.5 Å². The van der Waals surface area contributed by atoms with Gasteiger partial charge in [0.15, 0.2) is 0 Å². The molecule has 0 aromatic heterocycles. The molecule has 1 nitrogen and oxygen atoms in total. The minimum atomic E-state index is -9.20. The maximum absolute atomic E-state index is 13.9. The Hall–Kier alpha value is -2.45. The van der Waals surface area contributed by atoms with Crippen LogP contribution in [0.3, 0.4) is 0 Å². The van der Waals surface area contributed by atoms with E-state index in [0.717, 1.165) is 0 Å². The molecule has 0 aliphatic carbocycles. The molecule has 0 saturated carbocycles. The predicted molar refractivity (Wildman–Crippen MR) is 77.6 cm³/mol. The first kappa shape index (κ1) is 33.6. The number of rotatable bonds is 9. The van der Waals surface area contributed by atoms with Gasteiger partial charge in [-0.15, -0.1) is 0 Å².